The first kappa shape index (κ1) is 11.3. The van der Waals surface area contributed by atoms with Crippen LogP contribution in [0.25, 0.3) is 0 Å². The Bertz CT molecular complexity index is 436. The standard InChI is InChI=1S/C13H16N2S/c1-10-15-13(9-16-10)8-12(14)7-11-5-3-2-4-6-11/h2-6,9,12H,7-8,14H2,1H3. The van der Waals surface area contributed by atoms with E-state index in [1.807, 2.05) is 13.0 Å². The van der Waals surface area contributed by atoms with E-state index in [0.717, 1.165) is 23.5 Å². The number of aryl methyl sites for hydroxylation is 1. The SMILES string of the molecule is Cc1nc(CC(N)Cc2ccccc2)cs1. The van der Waals surface area contributed by atoms with Crippen LogP contribution < -0.4 is 5.73 Å². The molecule has 2 aromatic rings. The van der Waals surface area contributed by atoms with E-state index in [1.165, 1.54) is 5.56 Å². The van der Waals surface area contributed by atoms with Crippen molar-refractivity contribution < 1.29 is 0 Å². The maximum absolute atomic E-state index is 6.11. The second kappa shape index (κ2) is 5.23. The lowest BCUT2D eigenvalue weighted by molar-refractivity contribution is 0.656. The molecule has 1 aromatic heterocycles. The van der Waals surface area contributed by atoms with Gasteiger partial charge in [-0.05, 0) is 18.9 Å². The van der Waals surface area contributed by atoms with Crippen LogP contribution in [-0.4, -0.2) is 11.0 Å². The third-order valence-corrected chi connectivity index (χ3v) is 3.30. The topological polar surface area (TPSA) is 38.9 Å². The molecule has 0 bridgehead atoms. The van der Waals surface area contributed by atoms with Crippen molar-refractivity contribution >= 4 is 11.3 Å². The third kappa shape index (κ3) is 3.15. The van der Waals surface area contributed by atoms with Crippen molar-refractivity contribution in [1.82, 2.24) is 4.98 Å². The summed E-state index contributed by atoms with van der Waals surface area (Å²) in [6.45, 7) is 2.02. The molecule has 0 aliphatic heterocycles. The number of aromatic nitrogens is 1. The van der Waals surface area contributed by atoms with E-state index in [-0.39, 0.29) is 6.04 Å². The molecule has 2 rings (SSSR count). The van der Waals surface area contributed by atoms with Gasteiger partial charge in [0.15, 0.2) is 0 Å². The molecular formula is C13H16N2S. The quantitative estimate of drug-likeness (QED) is 0.880. The maximum Gasteiger partial charge on any atom is 0.0897 e. The fourth-order valence-corrected chi connectivity index (χ4v) is 2.39. The first-order chi connectivity index (χ1) is 7.74. The number of nitrogens with zero attached hydrogens (tertiary/aromatic N) is 1. The second-order valence-corrected chi connectivity index (χ2v) is 5.07. The minimum absolute atomic E-state index is 0.156. The molecule has 0 fully saturated rings. The van der Waals surface area contributed by atoms with Crippen molar-refractivity contribution in [3.63, 3.8) is 0 Å². The number of hydrogen-bond acceptors (Lipinski definition) is 3. The zero-order valence-corrected chi connectivity index (χ0v) is 10.2. The van der Waals surface area contributed by atoms with E-state index in [2.05, 4.69) is 34.6 Å². The number of thiazole rings is 1. The van der Waals surface area contributed by atoms with Crippen LogP contribution in [0.5, 0.6) is 0 Å². The Labute approximate surface area is 100 Å². The van der Waals surface area contributed by atoms with Gasteiger partial charge < -0.3 is 5.73 Å². The van der Waals surface area contributed by atoms with Gasteiger partial charge in [-0.1, -0.05) is 30.3 Å². The van der Waals surface area contributed by atoms with Gasteiger partial charge in [0.2, 0.25) is 0 Å². The van der Waals surface area contributed by atoms with Gasteiger partial charge in [0.1, 0.15) is 0 Å². The molecule has 84 valence electrons. The lowest BCUT2D eigenvalue weighted by atomic mass is 10.0. The van der Waals surface area contributed by atoms with Gasteiger partial charge in [-0.25, -0.2) is 4.98 Å². The Kier molecular flexibility index (Phi) is 3.70. The van der Waals surface area contributed by atoms with Crippen molar-refractivity contribution in [2.24, 2.45) is 5.73 Å². The molecule has 0 amide bonds. The summed E-state index contributed by atoms with van der Waals surface area (Å²) < 4.78 is 0. The van der Waals surface area contributed by atoms with E-state index < -0.39 is 0 Å². The van der Waals surface area contributed by atoms with Crippen LogP contribution in [-0.2, 0) is 12.8 Å². The predicted molar refractivity (Wildman–Crippen MR) is 68.7 cm³/mol. The summed E-state index contributed by atoms with van der Waals surface area (Å²) in [5, 5.41) is 3.21. The molecular weight excluding hydrogens is 216 g/mol. The fraction of sp³-hybridized carbons (Fsp3) is 0.308. The third-order valence-electron chi connectivity index (χ3n) is 2.48. The molecule has 1 heterocycles. The highest BCUT2D eigenvalue weighted by atomic mass is 32.1. The number of nitrogens with two attached hydrogens (primary N) is 1. The van der Waals surface area contributed by atoms with Crippen molar-refractivity contribution in [2.45, 2.75) is 25.8 Å². The van der Waals surface area contributed by atoms with Crippen LogP contribution in [0.2, 0.25) is 0 Å². The molecule has 0 aliphatic rings. The first-order valence-electron chi connectivity index (χ1n) is 5.44. The summed E-state index contributed by atoms with van der Waals surface area (Å²) in [5.74, 6) is 0. The van der Waals surface area contributed by atoms with Crippen LogP contribution in [0.4, 0.5) is 0 Å². The van der Waals surface area contributed by atoms with Crippen molar-refractivity contribution in [1.29, 1.82) is 0 Å². The highest BCUT2D eigenvalue weighted by molar-refractivity contribution is 7.09. The van der Waals surface area contributed by atoms with E-state index in [0.29, 0.717) is 0 Å². The molecule has 0 saturated heterocycles. The molecule has 2 N–H and O–H groups in total. The molecule has 1 aromatic carbocycles. The summed E-state index contributed by atoms with van der Waals surface area (Å²) >= 11 is 1.69. The minimum Gasteiger partial charge on any atom is -0.327 e. The van der Waals surface area contributed by atoms with Crippen LogP contribution in [0.15, 0.2) is 35.7 Å². The van der Waals surface area contributed by atoms with Gasteiger partial charge in [-0.3, -0.25) is 0 Å². The Balaban J connectivity index is 1.92. The van der Waals surface area contributed by atoms with E-state index in [4.69, 9.17) is 5.73 Å². The van der Waals surface area contributed by atoms with Crippen molar-refractivity contribution in [3.8, 4) is 0 Å². The molecule has 0 radical (unpaired) electrons. The highest BCUT2D eigenvalue weighted by Gasteiger charge is 2.07. The zero-order valence-electron chi connectivity index (χ0n) is 9.39. The Morgan fingerprint density at radius 1 is 1.25 bits per heavy atom. The van der Waals surface area contributed by atoms with Crippen LogP contribution in [0.1, 0.15) is 16.3 Å². The monoisotopic (exact) mass is 232 g/mol. The lowest BCUT2D eigenvalue weighted by Gasteiger charge is -2.09. The molecule has 0 aliphatic carbocycles. The average Bonchev–Trinajstić information content (AvgIpc) is 2.65. The van der Waals surface area contributed by atoms with Gasteiger partial charge in [-0.2, -0.15) is 0 Å². The number of benzene rings is 1. The van der Waals surface area contributed by atoms with Gasteiger partial charge >= 0.3 is 0 Å². The molecule has 0 spiro atoms. The number of rotatable bonds is 4. The normalized spacial score (nSPS) is 12.6. The summed E-state index contributed by atoms with van der Waals surface area (Å²) in [5.41, 5.74) is 8.52. The zero-order chi connectivity index (χ0) is 11.4. The lowest BCUT2D eigenvalue weighted by Crippen LogP contribution is -2.25. The van der Waals surface area contributed by atoms with Crippen molar-refractivity contribution in [3.05, 3.63) is 52.0 Å². The van der Waals surface area contributed by atoms with Crippen molar-refractivity contribution in [2.75, 3.05) is 0 Å². The largest absolute Gasteiger partial charge is 0.327 e. The van der Waals surface area contributed by atoms with Crippen LogP contribution in [0, 0.1) is 6.92 Å². The average molecular weight is 232 g/mol. The van der Waals surface area contributed by atoms with Gasteiger partial charge in [0.05, 0.1) is 10.7 Å². The van der Waals surface area contributed by atoms with Gasteiger partial charge in [0, 0.05) is 17.8 Å². The smallest absolute Gasteiger partial charge is 0.0897 e. The van der Waals surface area contributed by atoms with E-state index in [9.17, 15) is 0 Å². The highest BCUT2D eigenvalue weighted by Crippen LogP contribution is 2.11. The first-order valence-corrected chi connectivity index (χ1v) is 6.32. The molecule has 1 unspecified atom stereocenters. The Hall–Kier alpha value is -1.19. The fourth-order valence-electron chi connectivity index (χ4n) is 1.76. The van der Waals surface area contributed by atoms with Crippen LogP contribution >= 0.6 is 11.3 Å². The van der Waals surface area contributed by atoms with Gasteiger partial charge in [0.25, 0.3) is 0 Å². The van der Waals surface area contributed by atoms with Gasteiger partial charge in [-0.15, -0.1) is 11.3 Å². The van der Waals surface area contributed by atoms with Crippen LogP contribution in [0.3, 0.4) is 0 Å². The number of hydrogen-bond donors (Lipinski definition) is 1. The maximum atomic E-state index is 6.11. The minimum atomic E-state index is 0.156. The molecule has 2 nitrogen and oxygen atoms in total. The molecule has 0 saturated carbocycles. The Morgan fingerprint density at radius 3 is 2.62 bits per heavy atom. The van der Waals surface area contributed by atoms with E-state index in [1.54, 1.807) is 11.3 Å². The summed E-state index contributed by atoms with van der Waals surface area (Å²) in [4.78, 5) is 4.43. The predicted octanol–water partition coefficient (Wildman–Crippen LogP) is 2.56. The Morgan fingerprint density at radius 2 is 2.00 bits per heavy atom. The molecule has 3 heteroatoms. The summed E-state index contributed by atoms with van der Waals surface area (Å²) in [6.07, 6.45) is 1.77. The summed E-state index contributed by atoms with van der Waals surface area (Å²) in [6, 6.07) is 10.5. The molecule has 1 atom stereocenters. The molecule has 16 heavy (non-hydrogen) atoms. The van der Waals surface area contributed by atoms with E-state index >= 15 is 0 Å². The second-order valence-electron chi connectivity index (χ2n) is 4.01. The summed E-state index contributed by atoms with van der Waals surface area (Å²) in [7, 11) is 0.